The van der Waals surface area contributed by atoms with Crippen LogP contribution in [0.15, 0.2) is 53.4 Å². The molecule has 0 radical (unpaired) electrons. The maximum absolute atomic E-state index is 13.0. The molecule has 2 aliphatic heterocycles. The third-order valence-corrected chi connectivity index (χ3v) is 7.79. The van der Waals surface area contributed by atoms with E-state index in [4.69, 9.17) is 4.74 Å². The smallest absolute Gasteiger partial charge is 0.143 e. The van der Waals surface area contributed by atoms with E-state index in [2.05, 4.69) is 0 Å². The standard InChI is InChI=1S/C23H31N3O5S/c1-17(27)19-3-7-21(8-4-19)26(29)25-15-16-31-23(25)11-13-24(14-12-23)32(30)22-9-5-20(6-10-22)18(2)28/h3-10,17-18,27-29H,11-16H2,1-2H3. The number of benzene rings is 2. The molecule has 0 bridgehead atoms. The molecule has 0 saturated carbocycles. The van der Waals surface area contributed by atoms with Crippen molar-refractivity contribution in [3.8, 4) is 0 Å². The van der Waals surface area contributed by atoms with E-state index >= 15 is 0 Å². The Balaban J connectivity index is 1.42. The quantitative estimate of drug-likeness (QED) is 0.569. The molecule has 2 aromatic carbocycles. The molecule has 4 rings (SSSR count). The topological polar surface area (TPSA) is 96.7 Å². The van der Waals surface area contributed by atoms with E-state index in [0.29, 0.717) is 49.7 Å². The van der Waals surface area contributed by atoms with Crippen LogP contribution in [0.25, 0.3) is 0 Å². The molecule has 0 aromatic heterocycles. The lowest BCUT2D eigenvalue weighted by Gasteiger charge is -2.45. The normalized spacial score (nSPS) is 22.0. The number of anilines is 1. The van der Waals surface area contributed by atoms with E-state index in [1.54, 1.807) is 62.4 Å². The van der Waals surface area contributed by atoms with Crippen molar-refractivity contribution in [2.24, 2.45) is 0 Å². The van der Waals surface area contributed by atoms with E-state index in [1.165, 1.54) is 0 Å². The van der Waals surface area contributed by atoms with Crippen LogP contribution in [0.5, 0.6) is 0 Å². The predicted octanol–water partition coefficient (Wildman–Crippen LogP) is 2.75. The van der Waals surface area contributed by atoms with Crippen LogP contribution in [0, 0.1) is 0 Å². The van der Waals surface area contributed by atoms with Crippen molar-refractivity contribution >= 4 is 16.7 Å². The summed E-state index contributed by atoms with van der Waals surface area (Å²) in [6, 6.07) is 14.3. The molecule has 9 heteroatoms. The third kappa shape index (κ3) is 4.60. The second-order valence-corrected chi connectivity index (χ2v) is 9.88. The molecular weight excluding hydrogens is 430 g/mol. The Labute approximate surface area is 191 Å². The molecular formula is C23H31N3O5S. The zero-order valence-electron chi connectivity index (χ0n) is 18.4. The van der Waals surface area contributed by atoms with Crippen LogP contribution in [0.2, 0.25) is 0 Å². The maximum Gasteiger partial charge on any atom is 0.143 e. The first-order valence-electron chi connectivity index (χ1n) is 10.9. The number of hydrogen-bond acceptors (Lipinski definition) is 7. The molecule has 0 aliphatic carbocycles. The van der Waals surface area contributed by atoms with Gasteiger partial charge in [0, 0.05) is 32.5 Å². The summed E-state index contributed by atoms with van der Waals surface area (Å²) in [6.45, 7) is 5.60. The Morgan fingerprint density at radius 1 is 0.938 bits per heavy atom. The Morgan fingerprint density at radius 2 is 1.47 bits per heavy atom. The fourth-order valence-corrected chi connectivity index (χ4v) is 5.49. The van der Waals surface area contributed by atoms with Gasteiger partial charge in [0.15, 0.2) is 0 Å². The highest BCUT2D eigenvalue weighted by Crippen LogP contribution is 2.37. The number of hydrogen-bond donors (Lipinski definition) is 3. The van der Waals surface area contributed by atoms with Gasteiger partial charge in [-0.2, -0.15) is 10.2 Å². The lowest BCUT2D eigenvalue weighted by Crippen LogP contribution is -2.58. The van der Waals surface area contributed by atoms with Crippen LogP contribution >= 0.6 is 0 Å². The monoisotopic (exact) mass is 461 g/mol. The summed E-state index contributed by atoms with van der Waals surface area (Å²) in [5, 5.41) is 33.3. The summed E-state index contributed by atoms with van der Waals surface area (Å²) in [5.74, 6) is 0. The van der Waals surface area contributed by atoms with Gasteiger partial charge in [0.2, 0.25) is 0 Å². The molecule has 8 nitrogen and oxygen atoms in total. The maximum atomic E-state index is 13.0. The van der Waals surface area contributed by atoms with Gasteiger partial charge in [-0.1, -0.05) is 24.3 Å². The van der Waals surface area contributed by atoms with Crippen LogP contribution in [-0.4, -0.2) is 60.9 Å². The van der Waals surface area contributed by atoms with Gasteiger partial charge < -0.3 is 14.9 Å². The minimum Gasteiger partial charge on any atom is -0.389 e. The Kier molecular flexibility index (Phi) is 6.97. The number of piperidine rings is 1. The van der Waals surface area contributed by atoms with E-state index in [9.17, 15) is 19.6 Å². The Bertz CT molecular complexity index is 928. The molecule has 0 amide bonds. The molecule has 174 valence electrons. The van der Waals surface area contributed by atoms with Crippen LogP contribution < -0.4 is 5.17 Å². The molecule has 2 aromatic rings. The average Bonchev–Trinajstić information content (AvgIpc) is 3.21. The van der Waals surface area contributed by atoms with Crippen molar-refractivity contribution in [2.45, 2.75) is 49.5 Å². The van der Waals surface area contributed by atoms with Crippen LogP contribution in [0.3, 0.4) is 0 Å². The van der Waals surface area contributed by atoms with Crippen molar-refractivity contribution in [2.75, 3.05) is 31.4 Å². The molecule has 32 heavy (non-hydrogen) atoms. The first kappa shape index (κ1) is 23.3. The van der Waals surface area contributed by atoms with E-state index in [0.717, 1.165) is 16.3 Å². The summed E-state index contributed by atoms with van der Waals surface area (Å²) in [5.41, 5.74) is 1.53. The Hall–Kier alpha value is -1.85. The van der Waals surface area contributed by atoms with Gasteiger partial charge in [0.25, 0.3) is 0 Å². The van der Waals surface area contributed by atoms with Gasteiger partial charge in [-0.05, 0) is 49.2 Å². The first-order chi connectivity index (χ1) is 15.3. The fourth-order valence-electron chi connectivity index (χ4n) is 4.31. The largest absolute Gasteiger partial charge is 0.389 e. The van der Waals surface area contributed by atoms with Crippen molar-refractivity contribution in [3.05, 3.63) is 59.7 Å². The van der Waals surface area contributed by atoms with E-state index in [1.807, 2.05) is 9.31 Å². The van der Waals surface area contributed by atoms with Crippen LogP contribution in [0.1, 0.15) is 50.0 Å². The van der Waals surface area contributed by atoms with Crippen molar-refractivity contribution < 1.29 is 24.4 Å². The van der Waals surface area contributed by atoms with Gasteiger partial charge in [-0.25, -0.2) is 8.51 Å². The third-order valence-electron chi connectivity index (χ3n) is 6.28. The highest BCUT2D eigenvalue weighted by atomic mass is 32.2. The van der Waals surface area contributed by atoms with Gasteiger partial charge in [0.1, 0.15) is 16.7 Å². The summed E-state index contributed by atoms with van der Waals surface area (Å²) in [6.07, 6.45) is 0.0919. The number of aliphatic hydroxyl groups excluding tert-OH is 2. The van der Waals surface area contributed by atoms with Gasteiger partial charge in [0.05, 0.1) is 29.4 Å². The molecule has 2 heterocycles. The summed E-state index contributed by atoms with van der Waals surface area (Å²) >= 11 is 0. The molecule has 3 unspecified atom stereocenters. The first-order valence-corrected chi connectivity index (χ1v) is 12.0. The second kappa shape index (κ2) is 9.56. The lowest BCUT2D eigenvalue weighted by molar-refractivity contribution is -0.143. The predicted molar refractivity (Wildman–Crippen MR) is 121 cm³/mol. The van der Waals surface area contributed by atoms with Crippen molar-refractivity contribution in [1.82, 2.24) is 9.31 Å². The van der Waals surface area contributed by atoms with Gasteiger partial charge >= 0.3 is 0 Å². The van der Waals surface area contributed by atoms with Crippen LogP contribution in [-0.2, 0) is 15.7 Å². The second-order valence-electron chi connectivity index (χ2n) is 8.40. The zero-order valence-corrected chi connectivity index (χ0v) is 19.2. The number of hydrazine groups is 1. The molecule has 2 fully saturated rings. The molecule has 2 saturated heterocycles. The fraction of sp³-hybridized carbons (Fsp3) is 0.478. The average molecular weight is 462 g/mol. The van der Waals surface area contributed by atoms with Crippen molar-refractivity contribution in [3.63, 3.8) is 0 Å². The van der Waals surface area contributed by atoms with Gasteiger partial charge in [-0.3, -0.25) is 5.21 Å². The summed E-state index contributed by atoms with van der Waals surface area (Å²) < 4.78 is 21.1. The molecule has 2 aliphatic rings. The summed E-state index contributed by atoms with van der Waals surface area (Å²) in [4.78, 5) is 0.705. The van der Waals surface area contributed by atoms with E-state index in [-0.39, 0.29) is 0 Å². The number of aliphatic hydroxyl groups is 2. The summed E-state index contributed by atoms with van der Waals surface area (Å²) in [7, 11) is -1.30. The number of nitrogens with zero attached hydrogens (tertiary/aromatic N) is 3. The van der Waals surface area contributed by atoms with Crippen LogP contribution in [0.4, 0.5) is 5.69 Å². The highest BCUT2D eigenvalue weighted by Gasteiger charge is 2.48. The lowest BCUT2D eigenvalue weighted by atomic mass is 10.0. The van der Waals surface area contributed by atoms with E-state index < -0.39 is 28.9 Å². The zero-order chi connectivity index (χ0) is 22.9. The minimum atomic E-state index is -1.30. The molecule has 1 spiro atoms. The molecule has 3 N–H and O–H groups in total. The number of ether oxygens (including phenoxy) is 1. The highest BCUT2D eigenvalue weighted by molar-refractivity contribution is 7.82. The molecule has 3 atom stereocenters. The number of rotatable bonds is 6. The minimum absolute atomic E-state index is 0.507. The SMILES string of the molecule is CC(O)c1ccc(N(O)N2CCOC23CCN(S(=O)c2ccc(C(C)O)cc2)CC3)cc1. The van der Waals surface area contributed by atoms with Gasteiger partial charge in [-0.15, -0.1) is 0 Å². The van der Waals surface area contributed by atoms with Crippen molar-refractivity contribution in [1.29, 1.82) is 0 Å². The Morgan fingerprint density at radius 3 is 2.00 bits per heavy atom.